The average Bonchev–Trinajstić information content (AvgIpc) is 3.35. The summed E-state index contributed by atoms with van der Waals surface area (Å²) in [4.78, 5) is 26.2. The van der Waals surface area contributed by atoms with Gasteiger partial charge in [-0.25, -0.2) is 4.39 Å². The molecule has 0 aliphatic rings. The normalized spacial score (nSPS) is 10.6. The molecule has 1 N–H and O–H groups in total. The Bertz CT molecular complexity index is 839. The molecule has 27 heavy (non-hydrogen) atoms. The number of halogens is 1. The Morgan fingerprint density at radius 2 is 1.56 bits per heavy atom. The third kappa shape index (κ3) is 5.07. The molecule has 2 amide bonds. The Kier molecular flexibility index (Phi) is 6.04. The highest BCUT2D eigenvalue weighted by Crippen LogP contribution is 2.12. The number of hydrogen-bond donors (Lipinski definition) is 1. The Morgan fingerprint density at radius 3 is 2.11 bits per heavy atom. The molecule has 2 heterocycles. The lowest BCUT2D eigenvalue weighted by Crippen LogP contribution is -2.34. The first-order chi connectivity index (χ1) is 13.1. The Labute approximate surface area is 155 Å². The molecule has 3 rings (SSSR count). The monoisotopic (exact) mass is 370 g/mol. The van der Waals surface area contributed by atoms with E-state index in [-0.39, 0.29) is 37.5 Å². The maximum Gasteiger partial charge on any atom is 0.254 e. The molecular weight excluding hydrogens is 351 g/mol. The highest BCUT2D eigenvalue weighted by molar-refractivity contribution is 5.94. The number of hydrogen-bond acceptors (Lipinski definition) is 4. The van der Waals surface area contributed by atoms with E-state index in [1.165, 1.54) is 18.2 Å². The fourth-order valence-electron chi connectivity index (χ4n) is 2.60. The number of rotatable bonds is 8. The Balaban J connectivity index is 1.57. The number of amides is 2. The van der Waals surface area contributed by atoms with Crippen LogP contribution >= 0.6 is 0 Å². The molecule has 7 heteroatoms. The summed E-state index contributed by atoms with van der Waals surface area (Å²) in [6.07, 6.45) is 3.15. The molecule has 0 fully saturated rings. The average molecular weight is 370 g/mol. The number of benzene rings is 1. The van der Waals surface area contributed by atoms with Crippen LogP contribution in [-0.2, 0) is 17.9 Å². The van der Waals surface area contributed by atoms with E-state index in [9.17, 15) is 14.0 Å². The van der Waals surface area contributed by atoms with Crippen molar-refractivity contribution in [2.75, 3.05) is 6.54 Å². The van der Waals surface area contributed by atoms with Crippen molar-refractivity contribution in [2.45, 2.75) is 19.5 Å². The molecule has 0 spiro atoms. The van der Waals surface area contributed by atoms with E-state index in [0.717, 1.165) is 0 Å². The number of nitrogens with one attached hydrogen (secondary N) is 1. The lowest BCUT2D eigenvalue weighted by atomic mass is 10.2. The van der Waals surface area contributed by atoms with Gasteiger partial charge in [0.05, 0.1) is 31.2 Å². The molecule has 0 unspecified atom stereocenters. The van der Waals surface area contributed by atoms with Crippen LogP contribution in [0.5, 0.6) is 0 Å². The predicted molar refractivity (Wildman–Crippen MR) is 95.0 cm³/mol. The standard InChI is InChI=1S/C20H19FN2O4/c21-18-8-2-1-7-17(18)20(25)22-10-9-19(24)23(13-15-5-3-11-26-15)14-16-6-4-12-27-16/h1-8,11-12H,9-10,13-14H2,(H,22,25). The number of nitrogens with zero attached hydrogens (tertiary/aromatic N) is 1. The topological polar surface area (TPSA) is 75.7 Å². The Morgan fingerprint density at radius 1 is 0.926 bits per heavy atom. The largest absolute Gasteiger partial charge is 0.467 e. The van der Waals surface area contributed by atoms with Crippen molar-refractivity contribution in [3.05, 3.63) is 84.0 Å². The highest BCUT2D eigenvalue weighted by Gasteiger charge is 2.18. The second-order valence-electron chi connectivity index (χ2n) is 5.89. The van der Waals surface area contributed by atoms with E-state index < -0.39 is 11.7 Å². The zero-order valence-electron chi connectivity index (χ0n) is 14.6. The van der Waals surface area contributed by atoms with Crippen LogP contribution in [0.1, 0.15) is 28.3 Å². The van der Waals surface area contributed by atoms with Crippen LogP contribution in [0.2, 0.25) is 0 Å². The quantitative estimate of drug-likeness (QED) is 0.660. The van der Waals surface area contributed by atoms with E-state index in [4.69, 9.17) is 8.83 Å². The first kappa shape index (κ1) is 18.4. The first-order valence-corrected chi connectivity index (χ1v) is 8.49. The van der Waals surface area contributed by atoms with Gasteiger partial charge in [-0.15, -0.1) is 0 Å². The molecule has 0 radical (unpaired) electrons. The van der Waals surface area contributed by atoms with Crippen LogP contribution in [0.15, 0.2) is 69.9 Å². The lowest BCUT2D eigenvalue weighted by Gasteiger charge is -2.20. The zero-order valence-corrected chi connectivity index (χ0v) is 14.6. The van der Waals surface area contributed by atoms with Crippen LogP contribution in [0.3, 0.4) is 0 Å². The van der Waals surface area contributed by atoms with Crippen LogP contribution in [0.25, 0.3) is 0 Å². The third-order valence-electron chi connectivity index (χ3n) is 3.95. The van der Waals surface area contributed by atoms with Gasteiger partial charge < -0.3 is 19.1 Å². The fraction of sp³-hybridized carbons (Fsp3) is 0.200. The van der Waals surface area contributed by atoms with Gasteiger partial charge >= 0.3 is 0 Å². The highest BCUT2D eigenvalue weighted by atomic mass is 19.1. The number of carbonyl (C=O) groups excluding carboxylic acids is 2. The van der Waals surface area contributed by atoms with Gasteiger partial charge in [0.25, 0.3) is 5.91 Å². The van der Waals surface area contributed by atoms with Crippen LogP contribution in [-0.4, -0.2) is 23.3 Å². The first-order valence-electron chi connectivity index (χ1n) is 8.49. The van der Waals surface area contributed by atoms with Gasteiger partial charge in [0.2, 0.25) is 5.91 Å². The van der Waals surface area contributed by atoms with Crippen molar-refractivity contribution in [3.63, 3.8) is 0 Å². The van der Waals surface area contributed by atoms with Crippen molar-refractivity contribution < 1.29 is 22.8 Å². The van der Waals surface area contributed by atoms with Crippen molar-refractivity contribution in [1.29, 1.82) is 0 Å². The molecule has 2 aromatic heterocycles. The van der Waals surface area contributed by atoms with Crippen LogP contribution < -0.4 is 5.32 Å². The minimum atomic E-state index is -0.599. The van der Waals surface area contributed by atoms with Crippen LogP contribution in [0, 0.1) is 5.82 Å². The molecule has 0 aliphatic heterocycles. The number of carbonyl (C=O) groups is 2. The van der Waals surface area contributed by atoms with Crippen molar-refractivity contribution in [3.8, 4) is 0 Å². The Hall–Kier alpha value is -3.35. The van der Waals surface area contributed by atoms with Crippen molar-refractivity contribution >= 4 is 11.8 Å². The zero-order chi connectivity index (χ0) is 19.1. The third-order valence-corrected chi connectivity index (χ3v) is 3.95. The molecule has 0 aliphatic carbocycles. The van der Waals surface area contributed by atoms with Crippen molar-refractivity contribution in [2.24, 2.45) is 0 Å². The van der Waals surface area contributed by atoms with E-state index in [2.05, 4.69) is 5.32 Å². The fourth-order valence-corrected chi connectivity index (χ4v) is 2.60. The molecule has 1 aromatic carbocycles. The summed E-state index contributed by atoms with van der Waals surface area (Å²) in [6, 6.07) is 12.8. The molecule has 140 valence electrons. The van der Waals surface area contributed by atoms with Gasteiger partial charge in [0, 0.05) is 13.0 Å². The summed E-state index contributed by atoms with van der Waals surface area (Å²) in [5.74, 6) is -0.0460. The molecule has 0 saturated heterocycles. The smallest absolute Gasteiger partial charge is 0.254 e. The maximum absolute atomic E-state index is 13.6. The molecule has 0 atom stereocenters. The van der Waals surface area contributed by atoms with Gasteiger partial charge in [0.15, 0.2) is 0 Å². The number of furan rings is 2. The summed E-state index contributed by atoms with van der Waals surface area (Å²) < 4.78 is 24.2. The summed E-state index contributed by atoms with van der Waals surface area (Å²) >= 11 is 0. The summed E-state index contributed by atoms with van der Waals surface area (Å²) in [7, 11) is 0. The van der Waals surface area contributed by atoms with Gasteiger partial charge in [-0.2, -0.15) is 0 Å². The van der Waals surface area contributed by atoms with E-state index in [1.54, 1.807) is 47.8 Å². The van der Waals surface area contributed by atoms with E-state index >= 15 is 0 Å². The second-order valence-corrected chi connectivity index (χ2v) is 5.89. The van der Waals surface area contributed by atoms with E-state index in [1.807, 2.05) is 0 Å². The molecule has 3 aromatic rings. The van der Waals surface area contributed by atoms with Crippen molar-refractivity contribution in [1.82, 2.24) is 10.2 Å². The minimum absolute atomic E-state index is 0.0482. The minimum Gasteiger partial charge on any atom is -0.467 e. The van der Waals surface area contributed by atoms with E-state index in [0.29, 0.717) is 11.5 Å². The summed E-state index contributed by atoms with van der Waals surface area (Å²) in [5.41, 5.74) is -0.0482. The molecule has 0 bridgehead atoms. The lowest BCUT2D eigenvalue weighted by molar-refractivity contribution is -0.132. The maximum atomic E-state index is 13.6. The SMILES string of the molecule is O=C(NCCC(=O)N(Cc1ccco1)Cc1ccco1)c1ccccc1F. The van der Waals surface area contributed by atoms with Gasteiger partial charge in [-0.1, -0.05) is 12.1 Å². The summed E-state index contributed by atoms with van der Waals surface area (Å²) in [5, 5.41) is 2.57. The second kappa shape index (κ2) is 8.84. The van der Waals surface area contributed by atoms with Crippen LogP contribution in [0.4, 0.5) is 4.39 Å². The molecule has 0 saturated carbocycles. The summed E-state index contributed by atoms with van der Waals surface area (Å²) in [6.45, 7) is 0.667. The van der Waals surface area contributed by atoms with Gasteiger partial charge in [0.1, 0.15) is 17.3 Å². The van der Waals surface area contributed by atoms with Gasteiger partial charge in [-0.3, -0.25) is 9.59 Å². The van der Waals surface area contributed by atoms with Gasteiger partial charge in [-0.05, 0) is 36.4 Å². The molecule has 6 nitrogen and oxygen atoms in total. The molecular formula is C20H19FN2O4. The predicted octanol–water partition coefficient (Wildman–Crippen LogP) is 3.36.